The number of amides is 1. The van der Waals surface area contributed by atoms with Gasteiger partial charge in [-0.15, -0.1) is 11.3 Å². The van der Waals surface area contributed by atoms with E-state index in [1.54, 1.807) is 17.9 Å². The summed E-state index contributed by atoms with van der Waals surface area (Å²) in [6, 6.07) is 7.08. The summed E-state index contributed by atoms with van der Waals surface area (Å²) >= 11 is 1.46. The lowest BCUT2D eigenvalue weighted by Crippen LogP contribution is -2.50. The minimum Gasteiger partial charge on any atom is -0.336 e. The van der Waals surface area contributed by atoms with E-state index in [4.69, 9.17) is 0 Å². The highest BCUT2D eigenvalue weighted by atomic mass is 32.2. The zero-order chi connectivity index (χ0) is 18.2. The second-order valence-electron chi connectivity index (χ2n) is 5.98. The van der Waals surface area contributed by atoms with Crippen molar-refractivity contribution in [2.45, 2.75) is 18.7 Å². The molecule has 0 radical (unpaired) electrons. The van der Waals surface area contributed by atoms with Crippen LogP contribution in [0.1, 0.15) is 20.1 Å². The number of benzene rings is 1. The molecule has 2 aromatic rings. The number of aryl methyl sites for hydroxylation is 2. The van der Waals surface area contributed by atoms with Gasteiger partial charge in [0, 0.05) is 41.5 Å². The Kier molecular flexibility index (Phi) is 4.95. The molecule has 1 amide bonds. The van der Waals surface area contributed by atoms with Gasteiger partial charge in [0.25, 0.3) is 5.91 Å². The first-order chi connectivity index (χ1) is 11.8. The molecule has 1 aromatic carbocycles. The number of hydrogen-bond acceptors (Lipinski definition) is 4. The summed E-state index contributed by atoms with van der Waals surface area (Å²) < 4.78 is 40.0. The molecule has 1 aromatic heterocycles. The number of hydrogen-bond donors (Lipinski definition) is 0. The largest absolute Gasteiger partial charge is 0.336 e. The summed E-state index contributed by atoms with van der Waals surface area (Å²) in [4.78, 5) is 16.1. The smallest absolute Gasteiger partial charge is 0.253 e. The second-order valence-corrected chi connectivity index (χ2v) is 9.35. The van der Waals surface area contributed by atoms with E-state index in [1.165, 1.54) is 39.9 Å². The molecule has 0 unspecified atom stereocenters. The number of nitrogens with zero attached hydrogens (tertiary/aromatic N) is 2. The Hall–Kier alpha value is -1.77. The Morgan fingerprint density at radius 2 is 1.68 bits per heavy atom. The fourth-order valence-corrected chi connectivity index (χ4v) is 5.86. The van der Waals surface area contributed by atoms with Crippen molar-refractivity contribution in [1.82, 2.24) is 9.21 Å². The van der Waals surface area contributed by atoms with E-state index in [2.05, 4.69) is 0 Å². The van der Waals surface area contributed by atoms with E-state index in [-0.39, 0.29) is 19.0 Å². The quantitative estimate of drug-likeness (QED) is 0.820. The zero-order valence-electron chi connectivity index (χ0n) is 14.0. The Balaban J connectivity index is 1.70. The highest BCUT2D eigenvalue weighted by Crippen LogP contribution is 2.28. The van der Waals surface area contributed by atoms with E-state index in [1.807, 2.05) is 6.92 Å². The highest BCUT2D eigenvalue weighted by Gasteiger charge is 2.32. The molecule has 1 aliphatic heterocycles. The zero-order valence-corrected chi connectivity index (χ0v) is 15.7. The summed E-state index contributed by atoms with van der Waals surface area (Å²) in [6.07, 6.45) is 0. The molecule has 0 bridgehead atoms. The molecule has 1 saturated heterocycles. The molecular formula is C17H19FN2O3S2. The SMILES string of the molecule is Cc1cc(S(=O)(=O)N2CCN(C(=O)c3ccc(F)cc3)CC2)c(C)s1. The fraction of sp³-hybridized carbons (Fsp3) is 0.353. The minimum absolute atomic E-state index is 0.209. The van der Waals surface area contributed by atoms with Crippen molar-refractivity contribution in [3.8, 4) is 0 Å². The summed E-state index contributed by atoms with van der Waals surface area (Å²) in [5.74, 6) is -0.603. The van der Waals surface area contributed by atoms with Crippen LogP contribution >= 0.6 is 11.3 Å². The van der Waals surface area contributed by atoms with Crippen molar-refractivity contribution in [3.63, 3.8) is 0 Å². The van der Waals surface area contributed by atoms with Crippen LogP contribution in [-0.4, -0.2) is 49.7 Å². The predicted molar refractivity (Wildman–Crippen MR) is 94.9 cm³/mol. The number of carbonyl (C=O) groups is 1. The third kappa shape index (κ3) is 3.61. The van der Waals surface area contributed by atoms with Gasteiger partial charge in [0.1, 0.15) is 5.82 Å². The predicted octanol–water partition coefficient (Wildman–Crippen LogP) is 2.65. The van der Waals surface area contributed by atoms with Crippen molar-refractivity contribution in [2.75, 3.05) is 26.2 Å². The van der Waals surface area contributed by atoms with Gasteiger partial charge in [-0.3, -0.25) is 4.79 Å². The summed E-state index contributed by atoms with van der Waals surface area (Å²) in [5.41, 5.74) is 0.405. The maximum absolute atomic E-state index is 13.0. The standard InChI is InChI=1S/C17H19FN2O3S2/c1-12-11-16(13(2)24-12)25(22,23)20-9-7-19(8-10-20)17(21)14-3-5-15(18)6-4-14/h3-6,11H,7-10H2,1-2H3. The molecule has 2 heterocycles. The lowest BCUT2D eigenvalue weighted by Gasteiger charge is -2.34. The van der Waals surface area contributed by atoms with Gasteiger partial charge >= 0.3 is 0 Å². The average molecular weight is 382 g/mol. The number of sulfonamides is 1. The van der Waals surface area contributed by atoms with Crippen LogP contribution in [0.4, 0.5) is 4.39 Å². The first kappa shape index (κ1) is 18.0. The van der Waals surface area contributed by atoms with Crippen molar-refractivity contribution in [2.24, 2.45) is 0 Å². The van der Waals surface area contributed by atoms with Gasteiger partial charge in [-0.05, 0) is 44.2 Å². The maximum atomic E-state index is 13.0. The van der Waals surface area contributed by atoms with Gasteiger partial charge in [0.15, 0.2) is 0 Å². The van der Waals surface area contributed by atoms with E-state index in [0.717, 1.165) is 9.75 Å². The van der Waals surface area contributed by atoms with Gasteiger partial charge in [-0.1, -0.05) is 0 Å². The molecule has 0 aliphatic carbocycles. The first-order valence-corrected chi connectivity index (χ1v) is 10.2. The third-order valence-electron chi connectivity index (χ3n) is 4.23. The van der Waals surface area contributed by atoms with Crippen molar-refractivity contribution in [3.05, 3.63) is 51.5 Å². The Labute approximate surface area is 150 Å². The molecule has 1 aliphatic rings. The number of carbonyl (C=O) groups excluding carboxylic acids is 1. The number of thiophene rings is 1. The Bertz CT molecular complexity index is 883. The first-order valence-electron chi connectivity index (χ1n) is 7.91. The Morgan fingerprint density at radius 1 is 1.08 bits per heavy atom. The van der Waals surface area contributed by atoms with Crippen LogP contribution < -0.4 is 0 Å². The molecule has 0 atom stereocenters. The molecule has 5 nitrogen and oxygen atoms in total. The van der Waals surface area contributed by atoms with Gasteiger partial charge in [-0.2, -0.15) is 4.31 Å². The van der Waals surface area contributed by atoms with Crippen LogP contribution in [0.3, 0.4) is 0 Å². The van der Waals surface area contributed by atoms with Crippen LogP contribution in [0, 0.1) is 19.7 Å². The van der Waals surface area contributed by atoms with E-state index in [0.29, 0.717) is 23.5 Å². The molecule has 0 spiro atoms. The topological polar surface area (TPSA) is 57.7 Å². The summed E-state index contributed by atoms with van der Waals surface area (Å²) in [7, 11) is -3.54. The normalized spacial score (nSPS) is 16.2. The van der Waals surface area contributed by atoms with Crippen LogP contribution in [0.15, 0.2) is 35.2 Å². The van der Waals surface area contributed by atoms with Crippen LogP contribution in [-0.2, 0) is 10.0 Å². The van der Waals surface area contributed by atoms with Gasteiger partial charge < -0.3 is 4.90 Å². The molecule has 134 valence electrons. The maximum Gasteiger partial charge on any atom is 0.253 e. The van der Waals surface area contributed by atoms with Gasteiger partial charge in [0.2, 0.25) is 10.0 Å². The van der Waals surface area contributed by atoms with Crippen molar-refractivity contribution >= 4 is 27.3 Å². The monoisotopic (exact) mass is 382 g/mol. The summed E-state index contributed by atoms with van der Waals surface area (Å²) in [6.45, 7) is 4.83. The third-order valence-corrected chi connectivity index (χ3v) is 7.35. The molecule has 0 N–H and O–H groups in total. The molecule has 3 rings (SSSR count). The van der Waals surface area contributed by atoms with E-state index < -0.39 is 15.8 Å². The molecule has 1 fully saturated rings. The van der Waals surface area contributed by atoms with Gasteiger partial charge in [0.05, 0.1) is 4.90 Å². The van der Waals surface area contributed by atoms with Crippen LogP contribution in [0.5, 0.6) is 0 Å². The van der Waals surface area contributed by atoms with Crippen molar-refractivity contribution < 1.29 is 17.6 Å². The van der Waals surface area contributed by atoms with Crippen molar-refractivity contribution in [1.29, 1.82) is 0 Å². The lowest BCUT2D eigenvalue weighted by molar-refractivity contribution is 0.0698. The van der Waals surface area contributed by atoms with Crippen LogP contribution in [0.25, 0.3) is 0 Å². The fourth-order valence-electron chi connectivity index (χ4n) is 2.91. The van der Waals surface area contributed by atoms with E-state index in [9.17, 15) is 17.6 Å². The average Bonchev–Trinajstić information content (AvgIpc) is 2.94. The number of rotatable bonds is 3. The number of piperazine rings is 1. The lowest BCUT2D eigenvalue weighted by atomic mass is 10.2. The second kappa shape index (κ2) is 6.86. The highest BCUT2D eigenvalue weighted by molar-refractivity contribution is 7.89. The van der Waals surface area contributed by atoms with E-state index >= 15 is 0 Å². The molecule has 25 heavy (non-hydrogen) atoms. The van der Waals surface area contributed by atoms with Crippen LogP contribution in [0.2, 0.25) is 0 Å². The minimum atomic E-state index is -3.54. The van der Waals surface area contributed by atoms with Gasteiger partial charge in [-0.25, -0.2) is 12.8 Å². The summed E-state index contributed by atoms with van der Waals surface area (Å²) in [5, 5.41) is 0. The molecule has 0 saturated carbocycles. The molecule has 8 heteroatoms. The Morgan fingerprint density at radius 3 is 2.20 bits per heavy atom. The molecular weight excluding hydrogens is 363 g/mol. The number of halogens is 1.